The van der Waals surface area contributed by atoms with Gasteiger partial charge in [-0.25, -0.2) is 4.57 Å². The maximum absolute atomic E-state index is 13.4. The summed E-state index contributed by atoms with van der Waals surface area (Å²) in [6.07, 6.45) is 8.52. The Labute approximate surface area is 173 Å². The molecule has 0 aromatic heterocycles. The lowest BCUT2D eigenvalue weighted by Crippen LogP contribution is -2.05. The van der Waals surface area contributed by atoms with Crippen LogP contribution in [0.5, 0.6) is 11.5 Å². The quantitative estimate of drug-likeness (QED) is 0.243. The fourth-order valence-electron chi connectivity index (χ4n) is 2.92. The van der Waals surface area contributed by atoms with Gasteiger partial charge in [0.05, 0.1) is 6.16 Å². The first-order valence-corrected chi connectivity index (χ1v) is 11.8. The molecule has 0 spiro atoms. The van der Waals surface area contributed by atoms with Gasteiger partial charge in [-0.2, -0.15) is 0 Å². The van der Waals surface area contributed by atoms with Gasteiger partial charge in [-0.05, 0) is 49.1 Å². The van der Waals surface area contributed by atoms with Crippen molar-refractivity contribution < 1.29 is 13.6 Å². The molecule has 3 aromatic carbocycles. The van der Waals surface area contributed by atoms with Crippen LogP contribution in [0.4, 0.5) is 0 Å². The number of hydrogen-bond acceptors (Lipinski definition) is 3. The SMILES string of the molecule is O=P(CCCCCC=Cc1ccccc1)(Oc1ccccc1)Oc1ccccc1. The number of para-hydroxylation sites is 2. The smallest absolute Gasteiger partial charge is 0.416 e. The van der Waals surface area contributed by atoms with Gasteiger partial charge in [0.1, 0.15) is 11.5 Å². The van der Waals surface area contributed by atoms with Crippen molar-refractivity contribution in [1.82, 2.24) is 0 Å². The van der Waals surface area contributed by atoms with Gasteiger partial charge in [0.25, 0.3) is 0 Å². The van der Waals surface area contributed by atoms with Gasteiger partial charge in [-0.3, -0.25) is 0 Å². The molecule has 3 rings (SSSR count). The Morgan fingerprint density at radius 2 is 1.17 bits per heavy atom. The van der Waals surface area contributed by atoms with Crippen molar-refractivity contribution in [3.63, 3.8) is 0 Å². The van der Waals surface area contributed by atoms with Crippen LogP contribution >= 0.6 is 7.60 Å². The Morgan fingerprint density at radius 1 is 0.655 bits per heavy atom. The molecule has 0 aliphatic rings. The molecule has 0 saturated heterocycles. The van der Waals surface area contributed by atoms with Crippen molar-refractivity contribution in [3.8, 4) is 11.5 Å². The van der Waals surface area contributed by atoms with Crippen LogP contribution in [0.25, 0.3) is 6.08 Å². The lowest BCUT2D eigenvalue weighted by Gasteiger charge is -2.20. The maximum Gasteiger partial charge on any atom is 0.430 e. The largest absolute Gasteiger partial charge is 0.430 e. The topological polar surface area (TPSA) is 35.5 Å². The molecular formula is C25H27O3P. The van der Waals surface area contributed by atoms with E-state index in [9.17, 15) is 4.57 Å². The molecule has 0 atom stereocenters. The highest BCUT2D eigenvalue weighted by Gasteiger charge is 2.27. The van der Waals surface area contributed by atoms with Gasteiger partial charge in [0.15, 0.2) is 0 Å². The number of benzene rings is 3. The van der Waals surface area contributed by atoms with Crippen molar-refractivity contribution in [2.75, 3.05) is 6.16 Å². The van der Waals surface area contributed by atoms with Crippen LogP contribution in [-0.4, -0.2) is 6.16 Å². The second-order valence-electron chi connectivity index (χ2n) is 6.81. The second kappa shape index (κ2) is 11.3. The summed E-state index contributed by atoms with van der Waals surface area (Å²) >= 11 is 0. The van der Waals surface area contributed by atoms with Gasteiger partial charge in [0.2, 0.25) is 0 Å². The van der Waals surface area contributed by atoms with Crippen LogP contribution in [-0.2, 0) is 4.57 Å². The summed E-state index contributed by atoms with van der Waals surface area (Å²) in [7, 11) is -3.28. The van der Waals surface area contributed by atoms with E-state index in [-0.39, 0.29) is 0 Å². The summed E-state index contributed by atoms with van der Waals surface area (Å²) in [5.74, 6) is 1.13. The average molecular weight is 406 g/mol. The first kappa shape index (κ1) is 21.0. The van der Waals surface area contributed by atoms with Crippen LogP contribution in [0.1, 0.15) is 31.2 Å². The molecule has 0 aliphatic heterocycles. The molecule has 3 nitrogen and oxygen atoms in total. The van der Waals surface area contributed by atoms with Crippen molar-refractivity contribution in [3.05, 3.63) is 103 Å². The van der Waals surface area contributed by atoms with E-state index in [1.807, 2.05) is 54.6 Å². The zero-order valence-electron chi connectivity index (χ0n) is 16.5. The first-order valence-electron chi connectivity index (χ1n) is 10.0. The molecule has 0 fully saturated rings. The molecule has 0 saturated carbocycles. The Bertz CT molecular complexity index is 863. The number of allylic oxidation sites excluding steroid dienone is 1. The third-order valence-corrected chi connectivity index (χ3v) is 6.23. The molecule has 29 heavy (non-hydrogen) atoms. The molecule has 0 N–H and O–H groups in total. The normalized spacial score (nSPS) is 11.4. The van der Waals surface area contributed by atoms with Crippen LogP contribution < -0.4 is 9.05 Å². The minimum atomic E-state index is -3.28. The minimum Gasteiger partial charge on any atom is -0.416 e. The van der Waals surface area contributed by atoms with E-state index in [0.717, 1.165) is 25.7 Å². The van der Waals surface area contributed by atoms with E-state index in [1.54, 1.807) is 24.3 Å². The first-order chi connectivity index (χ1) is 14.2. The summed E-state index contributed by atoms with van der Waals surface area (Å²) in [5, 5.41) is 0. The van der Waals surface area contributed by atoms with Gasteiger partial charge in [-0.1, -0.05) is 85.3 Å². The summed E-state index contributed by atoms with van der Waals surface area (Å²) in [6.45, 7) is 0. The zero-order valence-corrected chi connectivity index (χ0v) is 17.4. The summed E-state index contributed by atoms with van der Waals surface area (Å²) in [4.78, 5) is 0. The van der Waals surface area contributed by atoms with Crippen molar-refractivity contribution in [2.24, 2.45) is 0 Å². The van der Waals surface area contributed by atoms with Crippen molar-refractivity contribution in [2.45, 2.75) is 25.7 Å². The Kier molecular flexibility index (Phi) is 8.15. The highest BCUT2D eigenvalue weighted by molar-refractivity contribution is 7.54. The summed E-state index contributed by atoms with van der Waals surface area (Å²) in [6, 6.07) is 28.7. The third-order valence-electron chi connectivity index (χ3n) is 4.39. The predicted molar refractivity (Wildman–Crippen MR) is 121 cm³/mol. The zero-order chi connectivity index (χ0) is 20.2. The van der Waals surface area contributed by atoms with Crippen LogP contribution in [0, 0.1) is 0 Å². The standard InChI is InChI=1S/C25H27O3P/c26-29(27-24-18-10-5-11-19-24,28-25-20-12-6-13-21-25)22-14-3-1-2-7-15-23-16-8-4-9-17-23/h4-13,15-21H,1-3,14,22H2. The fraction of sp³-hybridized carbons (Fsp3) is 0.200. The highest BCUT2D eigenvalue weighted by atomic mass is 31.2. The molecule has 3 aromatic rings. The van der Waals surface area contributed by atoms with E-state index < -0.39 is 7.60 Å². The second-order valence-corrected chi connectivity index (χ2v) is 8.84. The Morgan fingerprint density at radius 3 is 1.72 bits per heavy atom. The molecule has 0 aliphatic carbocycles. The Balaban J connectivity index is 1.50. The lowest BCUT2D eigenvalue weighted by atomic mass is 10.1. The molecule has 0 unspecified atom stereocenters. The number of hydrogen-bond donors (Lipinski definition) is 0. The molecule has 0 heterocycles. The fourth-order valence-corrected chi connectivity index (χ4v) is 4.64. The van der Waals surface area contributed by atoms with Gasteiger partial charge >= 0.3 is 7.60 Å². The van der Waals surface area contributed by atoms with Gasteiger partial charge < -0.3 is 9.05 Å². The van der Waals surface area contributed by atoms with Crippen LogP contribution in [0.15, 0.2) is 97.1 Å². The minimum absolute atomic E-state index is 0.388. The van der Waals surface area contributed by atoms with Crippen LogP contribution in [0.3, 0.4) is 0 Å². The Hall–Kier alpha value is -2.77. The van der Waals surface area contributed by atoms with Gasteiger partial charge in [0, 0.05) is 0 Å². The summed E-state index contributed by atoms with van der Waals surface area (Å²) < 4.78 is 25.0. The summed E-state index contributed by atoms with van der Waals surface area (Å²) in [5.41, 5.74) is 1.21. The average Bonchev–Trinajstić information content (AvgIpc) is 2.75. The lowest BCUT2D eigenvalue weighted by molar-refractivity contribution is 0.383. The maximum atomic E-state index is 13.4. The molecular weight excluding hydrogens is 379 g/mol. The van der Waals surface area contributed by atoms with Gasteiger partial charge in [-0.15, -0.1) is 0 Å². The van der Waals surface area contributed by atoms with Crippen molar-refractivity contribution in [1.29, 1.82) is 0 Å². The van der Waals surface area contributed by atoms with E-state index in [1.165, 1.54) is 5.56 Å². The molecule has 0 bridgehead atoms. The molecule has 4 heteroatoms. The number of unbranched alkanes of at least 4 members (excludes halogenated alkanes) is 3. The van der Waals surface area contributed by atoms with E-state index in [4.69, 9.17) is 9.05 Å². The molecule has 0 radical (unpaired) electrons. The van der Waals surface area contributed by atoms with Crippen LogP contribution in [0.2, 0.25) is 0 Å². The molecule has 150 valence electrons. The molecule has 0 amide bonds. The highest BCUT2D eigenvalue weighted by Crippen LogP contribution is 2.49. The van der Waals surface area contributed by atoms with E-state index >= 15 is 0 Å². The monoisotopic (exact) mass is 406 g/mol. The predicted octanol–water partition coefficient (Wildman–Crippen LogP) is 7.61. The third kappa shape index (κ3) is 7.63. The van der Waals surface area contributed by atoms with Crippen molar-refractivity contribution >= 4 is 13.7 Å². The van der Waals surface area contributed by atoms with E-state index in [0.29, 0.717) is 17.7 Å². The number of rotatable bonds is 11. The van der Waals surface area contributed by atoms with E-state index in [2.05, 4.69) is 24.3 Å².